The monoisotopic (exact) mass is 252 g/mol. The molecule has 2 heterocycles. The zero-order valence-corrected chi connectivity index (χ0v) is 12.5. The fourth-order valence-corrected chi connectivity index (χ4v) is 1.57. The van der Waals surface area contributed by atoms with Crippen molar-refractivity contribution in [3.05, 3.63) is 24.4 Å². The molecule has 1 aliphatic heterocycles. The predicted octanol–water partition coefficient (Wildman–Crippen LogP) is 3.75. The Morgan fingerprint density at radius 3 is 2.50 bits per heavy atom. The summed E-state index contributed by atoms with van der Waals surface area (Å²) in [4.78, 5) is 6.57. The molecule has 104 valence electrons. The highest BCUT2D eigenvalue weighted by Crippen LogP contribution is 2.13. The molecule has 0 radical (unpaired) electrons. The maximum Gasteiger partial charge on any atom is 0.128 e. The van der Waals surface area contributed by atoms with E-state index < -0.39 is 0 Å². The molecule has 1 fully saturated rings. The summed E-state index contributed by atoms with van der Waals surface area (Å²) in [5.74, 6) is 1.05. The van der Waals surface area contributed by atoms with Gasteiger partial charge in [0.25, 0.3) is 0 Å². The molecule has 1 aliphatic rings. The van der Waals surface area contributed by atoms with Gasteiger partial charge in [0.05, 0.1) is 12.7 Å². The van der Waals surface area contributed by atoms with Crippen molar-refractivity contribution in [1.82, 2.24) is 4.98 Å². The van der Waals surface area contributed by atoms with Crippen molar-refractivity contribution >= 4 is 5.82 Å². The fraction of sp³-hybridized carbons (Fsp3) is 0.667. The quantitative estimate of drug-likeness (QED) is 0.761. The van der Waals surface area contributed by atoms with E-state index in [1.807, 2.05) is 38.2 Å². The van der Waals surface area contributed by atoms with Crippen LogP contribution in [-0.4, -0.2) is 30.8 Å². The highest BCUT2D eigenvalue weighted by molar-refractivity contribution is 5.38. The van der Waals surface area contributed by atoms with E-state index in [-0.39, 0.29) is 0 Å². The average molecular weight is 252 g/mol. The Bertz CT molecular complexity index is 277. The van der Waals surface area contributed by atoms with Crippen molar-refractivity contribution in [2.45, 2.75) is 47.1 Å². The molecule has 1 atom stereocenters. The lowest BCUT2D eigenvalue weighted by atomic mass is 10.3. The average Bonchev–Trinajstić information content (AvgIpc) is 2.43. The van der Waals surface area contributed by atoms with Gasteiger partial charge in [-0.25, -0.2) is 4.98 Å². The van der Waals surface area contributed by atoms with E-state index in [9.17, 15) is 0 Å². The van der Waals surface area contributed by atoms with E-state index in [0.717, 1.165) is 25.5 Å². The first-order chi connectivity index (χ1) is 8.77. The molecule has 2 rings (SSSR count). The minimum atomic E-state index is 0.316. The van der Waals surface area contributed by atoms with Crippen LogP contribution in [0.3, 0.4) is 0 Å². The van der Waals surface area contributed by atoms with Crippen LogP contribution in [-0.2, 0) is 4.74 Å². The molecule has 0 spiro atoms. The molecule has 0 N–H and O–H groups in total. The summed E-state index contributed by atoms with van der Waals surface area (Å²) < 4.78 is 5.46. The first-order valence-electron chi connectivity index (χ1n) is 7.05. The molecule has 3 nitrogen and oxygen atoms in total. The fourth-order valence-electron chi connectivity index (χ4n) is 1.57. The number of ether oxygens (including phenoxy) is 1. The Labute approximate surface area is 112 Å². The Hall–Kier alpha value is -1.09. The van der Waals surface area contributed by atoms with Gasteiger partial charge in [-0.2, -0.15) is 0 Å². The van der Waals surface area contributed by atoms with E-state index in [1.54, 1.807) is 0 Å². The van der Waals surface area contributed by atoms with Crippen molar-refractivity contribution in [2.75, 3.05) is 24.6 Å². The minimum absolute atomic E-state index is 0.316. The van der Waals surface area contributed by atoms with Crippen LogP contribution in [0, 0.1) is 0 Å². The van der Waals surface area contributed by atoms with Crippen molar-refractivity contribution < 1.29 is 4.74 Å². The van der Waals surface area contributed by atoms with Crippen LogP contribution in [0.5, 0.6) is 0 Å². The second-order valence-corrected chi connectivity index (χ2v) is 4.02. The summed E-state index contributed by atoms with van der Waals surface area (Å²) in [5, 5.41) is 0. The third-order valence-corrected chi connectivity index (χ3v) is 2.21. The highest BCUT2D eigenvalue weighted by Gasteiger charge is 2.16. The smallest absolute Gasteiger partial charge is 0.128 e. The van der Waals surface area contributed by atoms with E-state index in [0.29, 0.717) is 6.10 Å². The molecule has 0 bridgehead atoms. The van der Waals surface area contributed by atoms with Crippen molar-refractivity contribution in [2.24, 2.45) is 0 Å². The van der Waals surface area contributed by atoms with Gasteiger partial charge in [-0.05, 0) is 19.1 Å². The van der Waals surface area contributed by atoms with Crippen molar-refractivity contribution in [3.8, 4) is 0 Å². The maximum atomic E-state index is 5.46. The highest BCUT2D eigenvalue weighted by atomic mass is 16.5. The minimum Gasteiger partial charge on any atom is -0.375 e. The van der Waals surface area contributed by atoms with E-state index in [4.69, 9.17) is 4.74 Å². The molecule has 0 aliphatic carbocycles. The lowest BCUT2D eigenvalue weighted by Gasteiger charge is -2.31. The molecule has 0 aromatic carbocycles. The standard InChI is InChI=1S/C10H14N2O.C3H8.C2H6/c1-9-8-12(6-7-13-9)10-4-2-3-5-11-10;1-3-2;1-2/h2-5,9H,6-8H2,1H3;3H2,1-2H3;1-2H3. The van der Waals surface area contributed by atoms with E-state index in [1.165, 1.54) is 6.42 Å². The lowest BCUT2D eigenvalue weighted by Crippen LogP contribution is -2.41. The zero-order chi connectivity index (χ0) is 13.8. The van der Waals surface area contributed by atoms with Gasteiger partial charge >= 0.3 is 0 Å². The number of morpholine rings is 1. The molecular weight excluding hydrogens is 224 g/mol. The number of hydrogen-bond donors (Lipinski definition) is 0. The third-order valence-electron chi connectivity index (χ3n) is 2.21. The first kappa shape index (κ1) is 16.9. The molecule has 1 saturated heterocycles. The van der Waals surface area contributed by atoms with Crippen LogP contribution in [0.2, 0.25) is 0 Å². The Morgan fingerprint density at radius 1 is 1.33 bits per heavy atom. The summed E-state index contributed by atoms with van der Waals surface area (Å²) in [6.07, 6.45) is 3.39. The Kier molecular flexibility index (Phi) is 10.4. The molecule has 1 aromatic heterocycles. The number of anilines is 1. The van der Waals surface area contributed by atoms with Gasteiger partial charge in [-0.1, -0.05) is 40.2 Å². The van der Waals surface area contributed by atoms with Gasteiger partial charge in [0.1, 0.15) is 5.82 Å². The summed E-state index contributed by atoms with van der Waals surface area (Å²) in [5.41, 5.74) is 0. The van der Waals surface area contributed by atoms with Gasteiger partial charge in [0.2, 0.25) is 0 Å². The second kappa shape index (κ2) is 11.0. The molecular formula is C15H28N2O. The molecule has 0 saturated carbocycles. The first-order valence-corrected chi connectivity index (χ1v) is 7.05. The molecule has 0 amide bonds. The largest absolute Gasteiger partial charge is 0.375 e. The number of nitrogens with zero attached hydrogens (tertiary/aromatic N) is 2. The van der Waals surface area contributed by atoms with Crippen LogP contribution in [0.1, 0.15) is 41.0 Å². The third kappa shape index (κ3) is 6.60. The number of pyridine rings is 1. The van der Waals surface area contributed by atoms with E-state index >= 15 is 0 Å². The van der Waals surface area contributed by atoms with Gasteiger partial charge in [0.15, 0.2) is 0 Å². The molecule has 1 unspecified atom stereocenters. The zero-order valence-electron chi connectivity index (χ0n) is 12.5. The number of rotatable bonds is 1. The summed E-state index contributed by atoms with van der Waals surface area (Å²) in [6.45, 7) is 13.0. The molecule has 3 heteroatoms. The summed E-state index contributed by atoms with van der Waals surface area (Å²) >= 11 is 0. The second-order valence-electron chi connectivity index (χ2n) is 4.02. The van der Waals surface area contributed by atoms with Crippen LogP contribution in [0.25, 0.3) is 0 Å². The topological polar surface area (TPSA) is 25.4 Å². The predicted molar refractivity (Wildman–Crippen MR) is 79.2 cm³/mol. The van der Waals surface area contributed by atoms with Gasteiger partial charge < -0.3 is 9.64 Å². The van der Waals surface area contributed by atoms with Gasteiger partial charge in [-0.3, -0.25) is 0 Å². The lowest BCUT2D eigenvalue weighted by molar-refractivity contribution is 0.0529. The van der Waals surface area contributed by atoms with Gasteiger partial charge in [-0.15, -0.1) is 0 Å². The van der Waals surface area contributed by atoms with Crippen LogP contribution < -0.4 is 4.90 Å². The van der Waals surface area contributed by atoms with Crippen LogP contribution >= 0.6 is 0 Å². The Morgan fingerprint density at radius 2 is 2.00 bits per heavy atom. The number of aromatic nitrogens is 1. The van der Waals surface area contributed by atoms with Gasteiger partial charge in [0, 0.05) is 19.3 Å². The van der Waals surface area contributed by atoms with E-state index in [2.05, 4.69) is 30.7 Å². The Balaban J connectivity index is 0.000000509. The van der Waals surface area contributed by atoms with Crippen molar-refractivity contribution in [3.63, 3.8) is 0 Å². The maximum absolute atomic E-state index is 5.46. The van der Waals surface area contributed by atoms with Crippen LogP contribution in [0.15, 0.2) is 24.4 Å². The SMILES string of the molecule is CC.CC1CN(c2ccccn2)CCO1.CCC. The summed E-state index contributed by atoms with van der Waals surface area (Å²) in [7, 11) is 0. The van der Waals surface area contributed by atoms with Crippen LogP contribution in [0.4, 0.5) is 5.82 Å². The van der Waals surface area contributed by atoms with Crippen molar-refractivity contribution in [1.29, 1.82) is 0 Å². The molecule has 1 aromatic rings. The number of hydrogen-bond acceptors (Lipinski definition) is 3. The summed E-state index contributed by atoms with van der Waals surface area (Å²) in [6, 6.07) is 5.99. The normalized spacial score (nSPS) is 18.1. The molecule has 18 heavy (non-hydrogen) atoms.